The van der Waals surface area contributed by atoms with Crippen molar-refractivity contribution in [3.63, 3.8) is 0 Å². The average Bonchev–Trinajstić information content (AvgIpc) is 3.38. The second-order valence-corrected chi connectivity index (χ2v) is 6.86. The van der Waals surface area contributed by atoms with Crippen molar-refractivity contribution >= 4 is 23.4 Å². The van der Waals surface area contributed by atoms with E-state index in [4.69, 9.17) is 11.6 Å². The quantitative estimate of drug-likeness (QED) is 0.765. The minimum Gasteiger partial charge on any atom is -0.366 e. The van der Waals surface area contributed by atoms with Gasteiger partial charge in [0.25, 0.3) is 0 Å². The number of likely N-dealkylation sites (N-methyl/N-ethyl adjacent to an activating group) is 1. The molecule has 1 aromatic carbocycles. The summed E-state index contributed by atoms with van der Waals surface area (Å²) in [5.41, 5.74) is 2.19. The van der Waals surface area contributed by atoms with E-state index in [1.54, 1.807) is 0 Å². The van der Waals surface area contributed by atoms with E-state index in [2.05, 4.69) is 45.7 Å². The Morgan fingerprint density at radius 1 is 1.17 bits per heavy atom. The van der Waals surface area contributed by atoms with E-state index < -0.39 is 0 Å². The van der Waals surface area contributed by atoms with Crippen LogP contribution in [0.4, 0.5) is 11.8 Å². The third-order valence-electron chi connectivity index (χ3n) is 4.00. The van der Waals surface area contributed by atoms with Gasteiger partial charge in [-0.25, -0.2) is 4.98 Å². The molecule has 0 unspecified atom stereocenters. The molecule has 1 aliphatic carbocycles. The van der Waals surface area contributed by atoms with Crippen LogP contribution in [0.2, 0.25) is 5.02 Å². The van der Waals surface area contributed by atoms with Crippen LogP contribution in [0.1, 0.15) is 30.0 Å². The van der Waals surface area contributed by atoms with Gasteiger partial charge in [0, 0.05) is 36.6 Å². The van der Waals surface area contributed by atoms with Gasteiger partial charge >= 0.3 is 0 Å². The van der Waals surface area contributed by atoms with Crippen LogP contribution in [0.3, 0.4) is 0 Å². The summed E-state index contributed by atoms with van der Waals surface area (Å²) in [6, 6.07) is 9.92. The third kappa shape index (κ3) is 4.82. The van der Waals surface area contributed by atoms with Crippen molar-refractivity contribution < 1.29 is 0 Å². The van der Waals surface area contributed by atoms with Gasteiger partial charge in [0.2, 0.25) is 5.95 Å². The fourth-order valence-electron chi connectivity index (χ4n) is 2.44. The first-order valence-corrected chi connectivity index (χ1v) is 8.74. The molecule has 0 bridgehead atoms. The van der Waals surface area contributed by atoms with Gasteiger partial charge < -0.3 is 15.5 Å². The molecule has 24 heavy (non-hydrogen) atoms. The number of nitrogens with zero attached hydrogens (tertiary/aromatic N) is 3. The molecule has 0 spiro atoms. The number of benzene rings is 1. The SMILES string of the molecule is CN(C)CCNc1nc(NCc2ccccc2Cl)cc(C2CC2)n1. The summed E-state index contributed by atoms with van der Waals surface area (Å²) in [6.45, 7) is 2.42. The van der Waals surface area contributed by atoms with Crippen LogP contribution in [0.15, 0.2) is 30.3 Å². The molecule has 1 saturated carbocycles. The highest BCUT2D eigenvalue weighted by molar-refractivity contribution is 6.31. The number of anilines is 2. The lowest BCUT2D eigenvalue weighted by atomic mass is 10.2. The lowest BCUT2D eigenvalue weighted by molar-refractivity contribution is 0.425. The lowest BCUT2D eigenvalue weighted by Crippen LogP contribution is -2.21. The van der Waals surface area contributed by atoms with Gasteiger partial charge in [-0.15, -0.1) is 0 Å². The minimum atomic E-state index is 0.586. The predicted molar refractivity (Wildman–Crippen MR) is 99.8 cm³/mol. The molecule has 0 aliphatic heterocycles. The molecule has 0 atom stereocenters. The van der Waals surface area contributed by atoms with Crippen LogP contribution in [0, 0.1) is 0 Å². The molecular formula is C18H24ClN5. The zero-order valence-corrected chi connectivity index (χ0v) is 15.0. The van der Waals surface area contributed by atoms with E-state index in [1.807, 2.05) is 24.3 Å². The zero-order valence-electron chi connectivity index (χ0n) is 14.2. The van der Waals surface area contributed by atoms with Crippen molar-refractivity contribution in [3.05, 3.63) is 46.6 Å². The average molecular weight is 346 g/mol. The van der Waals surface area contributed by atoms with Gasteiger partial charge in [-0.2, -0.15) is 4.98 Å². The molecule has 5 nitrogen and oxygen atoms in total. The van der Waals surface area contributed by atoms with Crippen LogP contribution in [0.5, 0.6) is 0 Å². The van der Waals surface area contributed by atoms with E-state index in [9.17, 15) is 0 Å². The first-order chi connectivity index (χ1) is 11.6. The number of hydrogen-bond acceptors (Lipinski definition) is 5. The summed E-state index contributed by atoms with van der Waals surface area (Å²) in [6.07, 6.45) is 2.44. The first kappa shape index (κ1) is 17.0. The highest BCUT2D eigenvalue weighted by Crippen LogP contribution is 2.39. The van der Waals surface area contributed by atoms with Crippen LogP contribution in [-0.2, 0) is 6.54 Å². The largest absolute Gasteiger partial charge is 0.366 e. The van der Waals surface area contributed by atoms with E-state index in [0.717, 1.165) is 35.2 Å². The van der Waals surface area contributed by atoms with Gasteiger partial charge in [-0.05, 0) is 38.6 Å². The van der Waals surface area contributed by atoms with Gasteiger partial charge in [0.05, 0.1) is 5.69 Å². The molecule has 1 fully saturated rings. The van der Waals surface area contributed by atoms with Crippen molar-refractivity contribution in [1.82, 2.24) is 14.9 Å². The molecule has 6 heteroatoms. The van der Waals surface area contributed by atoms with Crippen molar-refractivity contribution in [1.29, 1.82) is 0 Å². The van der Waals surface area contributed by atoms with Crippen LogP contribution < -0.4 is 10.6 Å². The molecule has 0 radical (unpaired) electrons. The maximum atomic E-state index is 6.22. The second-order valence-electron chi connectivity index (χ2n) is 6.45. The summed E-state index contributed by atoms with van der Waals surface area (Å²) >= 11 is 6.22. The number of hydrogen-bond donors (Lipinski definition) is 2. The first-order valence-electron chi connectivity index (χ1n) is 8.36. The molecule has 1 aliphatic rings. The van der Waals surface area contributed by atoms with Crippen molar-refractivity contribution in [2.75, 3.05) is 37.8 Å². The molecule has 2 aromatic rings. The molecule has 2 N–H and O–H groups in total. The summed E-state index contributed by atoms with van der Waals surface area (Å²) in [4.78, 5) is 11.4. The van der Waals surface area contributed by atoms with E-state index in [-0.39, 0.29) is 0 Å². The van der Waals surface area contributed by atoms with Crippen molar-refractivity contribution in [2.24, 2.45) is 0 Å². The summed E-state index contributed by atoms with van der Waals surface area (Å²) in [5, 5.41) is 7.47. The highest BCUT2D eigenvalue weighted by atomic mass is 35.5. The van der Waals surface area contributed by atoms with E-state index in [1.165, 1.54) is 12.8 Å². The summed E-state index contributed by atoms with van der Waals surface area (Å²) in [7, 11) is 4.11. The van der Waals surface area contributed by atoms with E-state index in [0.29, 0.717) is 18.4 Å². The number of halogens is 1. The smallest absolute Gasteiger partial charge is 0.224 e. The standard InChI is InChI=1S/C18H24ClN5/c1-24(2)10-9-20-18-22-16(13-7-8-13)11-17(23-18)21-12-14-5-3-4-6-15(14)19/h3-6,11,13H,7-10,12H2,1-2H3,(H2,20,21,22,23). The monoisotopic (exact) mass is 345 g/mol. The normalized spacial score (nSPS) is 14.0. The highest BCUT2D eigenvalue weighted by Gasteiger charge is 2.26. The Balaban J connectivity index is 1.69. The van der Waals surface area contributed by atoms with Crippen LogP contribution >= 0.6 is 11.6 Å². The van der Waals surface area contributed by atoms with Gasteiger partial charge in [-0.3, -0.25) is 0 Å². The Hall–Kier alpha value is -1.85. The van der Waals surface area contributed by atoms with Gasteiger partial charge in [0.15, 0.2) is 0 Å². The summed E-state index contributed by atoms with van der Waals surface area (Å²) in [5.74, 6) is 2.13. The molecule has 0 saturated heterocycles. The topological polar surface area (TPSA) is 53.1 Å². The molecular weight excluding hydrogens is 322 g/mol. The summed E-state index contributed by atoms with van der Waals surface area (Å²) < 4.78 is 0. The second kappa shape index (κ2) is 7.81. The number of rotatable bonds is 8. The van der Waals surface area contributed by atoms with Gasteiger partial charge in [0.1, 0.15) is 5.82 Å². The van der Waals surface area contributed by atoms with Crippen LogP contribution in [0.25, 0.3) is 0 Å². The zero-order chi connectivity index (χ0) is 16.9. The fraction of sp³-hybridized carbons (Fsp3) is 0.444. The Morgan fingerprint density at radius 2 is 1.96 bits per heavy atom. The number of nitrogens with one attached hydrogen (secondary N) is 2. The Morgan fingerprint density at radius 3 is 2.67 bits per heavy atom. The minimum absolute atomic E-state index is 0.586. The van der Waals surface area contributed by atoms with Gasteiger partial charge in [-0.1, -0.05) is 29.8 Å². The molecule has 1 aromatic heterocycles. The molecule has 1 heterocycles. The lowest BCUT2D eigenvalue weighted by Gasteiger charge is -2.13. The molecule has 128 valence electrons. The maximum absolute atomic E-state index is 6.22. The van der Waals surface area contributed by atoms with Crippen molar-refractivity contribution in [2.45, 2.75) is 25.3 Å². The van der Waals surface area contributed by atoms with Crippen molar-refractivity contribution in [3.8, 4) is 0 Å². The third-order valence-corrected chi connectivity index (χ3v) is 4.37. The van der Waals surface area contributed by atoms with Crippen LogP contribution in [-0.4, -0.2) is 42.1 Å². The Bertz CT molecular complexity index is 685. The molecule has 0 amide bonds. The fourth-order valence-corrected chi connectivity index (χ4v) is 2.65. The van der Waals surface area contributed by atoms with E-state index >= 15 is 0 Å². The number of aromatic nitrogens is 2. The maximum Gasteiger partial charge on any atom is 0.224 e. The Labute approximate surface area is 148 Å². The Kier molecular flexibility index (Phi) is 5.53. The predicted octanol–water partition coefficient (Wildman–Crippen LogP) is 3.59. The molecule has 3 rings (SSSR count).